The monoisotopic (exact) mass is 345 g/mol. The first kappa shape index (κ1) is 15.4. The second-order valence-electron chi connectivity index (χ2n) is 6.76. The fourth-order valence-corrected chi connectivity index (χ4v) is 4.43. The van der Waals surface area contributed by atoms with Gasteiger partial charge in [0, 0.05) is 38.4 Å². The van der Waals surface area contributed by atoms with Crippen LogP contribution >= 0.6 is 12.2 Å². The van der Waals surface area contributed by atoms with Gasteiger partial charge in [-0.05, 0) is 31.3 Å². The first-order chi connectivity index (χ1) is 11.4. The van der Waals surface area contributed by atoms with Crippen molar-refractivity contribution in [2.75, 3.05) is 13.1 Å². The van der Waals surface area contributed by atoms with Crippen LogP contribution < -0.4 is 15.4 Å². The summed E-state index contributed by atoms with van der Waals surface area (Å²) in [7, 11) is 0. The summed E-state index contributed by atoms with van der Waals surface area (Å²) in [6.45, 7) is 4.68. The molecule has 2 spiro atoms. The number of fused-ring (bicyclic) bond motifs is 3. The SMILES string of the molecule is CC(=O)N1CCC2(CC1)Oc1ccc(C)cc1C21NC(=S)NC1=O. The van der Waals surface area contributed by atoms with Crippen LogP contribution in [-0.4, -0.2) is 40.5 Å². The molecule has 1 atom stereocenters. The van der Waals surface area contributed by atoms with Crippen LogP contribution in [0.3, 0.4) is 0 Å². The third kappa shape index (κ3) is 1.84. The number of rotatable bonds is 0. The van der Waals surface area contributed by atoms with Gasteiger partial charge in [0.1, 0.15) is 11.4 Å². The minimum atomic E-state index is -1.02. The van der Waals surface area contributed by atoms with Gasteiger partial charge in [-0.2, -0.15) is 0 Å². The number of benzene rings is 1. The van der Waals surface area contributed by atoms with Crippen molar-refractivity contribution in [3.63, 3.8) is 0 Å². The quantitative estimate of drug-likeness (QED) is 0.686. The Morgan fingerprint density at radius 1 is 1.33 bits per heavy atom. The lowest BCUT2D eigenvalue weighted by Crippen LogP contribution is -2.65. The molecule has 0 aromatic heterocycles. The summed E-state index contributed by atoms with van der Waals surface area (Å²) < 4.78 is 6.35. The second kappa shape index (κ2) is 4.92. The normalized spacial score (nSPS) is 27.0. The second-order valence-corrected chi connectivity index (χ2v) is 7.17. The average molecular weight is 345 g/mol. The van der Waals surface area contributed by atoms with Gasteiger partial charge in [0.05, 0.1) is 0 Å². The van der Waals surface area contributed by atoms with Crippen molar-refractivity contribution in [3.8, 4) is 5.75 Å². The maximum Gasteiger partial charge on any atom is 0.260 e. The van der Waals surface area contributed by atoms with Crippen molar-refractivity contribution < 1.29 is 14.3 Å². The fourth-order valence-electron chi connectivity index (χ4n) is 4.18. The third-order valence-electron chi connectivity index (χ3n) is 5.41. The van der Waals surface area contributed by atoms with E-state index >= 15 is 0 Å². The zero-order valence-electron chi connectivity index (χ0n) is 13.6. The molecule has 2 N–H and O–H groups in total. The minimum absolute atomic E-state index is 0.0459. The minimum Gasteiger partial charge on any atom is -0.483 e. The molecule has 0 aliphatic carbocycles. The van der Waals surface area contributed by atoms with Gasteiger partial charge in [0.2, 0.25) is 5.91 Å². The number of hydrogen-bond acceptors (Lipinski definition) is 4. The van der Waals surface area contributed by atoms with E-state index in [-0.39, 0.29) is 11.8 Å². The molecule has 2 amide bonds. The van der Waals surface area contributed by atoms with Crippen molar-refractivity contribution in [1.29, 1.82) is 0 Å². The smallest absolute Gasteiger partial charge is 0.260 e. The summed E-state index contributed by atoms with van der Waals surface area (Å²) in [5.74, 6) is 0.585. The molecule has 0 bridgehead atoms. The molecule has 3 aliphatic heterocycles. The summed E-state index contributed by atoms with van der Waals surface area (Å²) >= 11 is 5.22. The van der Waals surface area contributed by atoms with Crippen molar-refractivity contribution in [2.45, 2.75) is 37.8 Å². The Kier molecular flexibility index (Phi) is 3.16. The summed E-state index contributed by atoms with van der Waals surface area (Å²) in [6.07, 6.45) is 1.15. The molecule has 7 heteroatoms. The average Bonchev–Trinajstić information content (AvgIpc) is 2.97. The first-order valence-corrected chi connectivity index (χ1v) is 8.48. The molecular weight excluding hydrogens is 326 g/mol. The largest absolute Gasteiger partial charge is 0.483 e. The van der Waals surface area contributed by atoms with Gasteiger partial charge in [-0.1, -0.05) is 11.6 Å². The van der Waals surface area contributed by atoms with Gasteiger partial charge >= 0.3 is 0 Å². The molecule has 4 rings (SSSR count). The molecule has 2 fully saturated rings. The fraction of sp³-hybridized carbons (Fsp3) is 0.471. The zero-order chi connectivity index (χ0) is 17.1. The molecule has 6 nitrogen and oxygen atoms in total. The number of thiocarbonyl (C=S) groups is 1. The number of carbonyl (C=O) groups excluding carboxylic acids is 2. The highest BCUT2D eigenvalue weighted by atomic mass is 32.1. The molecule has 1 unspecified atom stereocenters. The van der Waals surface area contributed by atoms with Crippen LogP contribution in [0.2, 0.25) is 0 Å². The maximum absolute atomic E-state index is 12.9. The van der Waals surface area contributed by atoms with Crippen molar-refractivity contribution in [3.05, 3.63) is 29.3 Å². The van der Waals surface area contributed by atoms with E-state index in [1.54, 1.807) is 11.8 Å². The summed E-state index contributed by atoms with van der Waals surface area (Å²) in [5.41, 5.74) is 0.132. The van der Waals surface area contributed by atoms with Gasteiger partial charge in [-0.25, -0.2) is 0 Å². The number of hydrogen-bond donors (Lipinski definition) is 2. The molecule has 0 radical (unpaired) electrons. The maximum atomic E-state index is 12.9. The molecule has 2 saturated heterocycles. The Balaban J connectivity index is 1.83. The van der Waals surface area contributed by atoms with Crippen LogP contribution in [0.5, 0.6) is 5.75 Å². The van der Waals surface area contributed by atoms with E-state index in [9.17, 15) is 9.59 Å². The van der Waals surface area contributed by atoms with Gasteiger partial charge < -0.3 is 20.3 Å². The number of piperidine rings is 1. The molecule has 3 aliphatic rings. The Morgan fingerprint density at radius 3 is 2.62 bits per heavy atom. The van der Waals surface area contributed by atoms with Gasteiger partial charge in [-0.3, -0.25) is 9.59 Å². The summed E-state index contributed by atoms with van der Waals surface area (Å²) in [6, 6.07) is 5.87. The van der Waals surface area contributed by atoms with Crippen LogP contribution in [-0.2, 0) is 15.1 Å². The van der Waals surface area contributed by atoms with Gasteiger partial charge in [0.25, 0.3) is 5.91 Å². The molecule has 126 valence electrons. The predicted molar refractivity (Wildman–Crippen MR) is 91.6 cm³/mol. The topological polar surface area (TPSA) is 70.7 Å². The van der Waals surface area contributed by atoms with Crippen molar-refractivity contribution in [1.82, 2.24) is 15.5 Å². The number of aryl methyl sites for hydroxylation is 1. The lowest BCUT2D eigenvalue weighted by atomic mass is 9.71. The highest BCUT2D eigenvalue weighted by Crippen LogP contribution is 2.53. The Labute approximate surface area is 145 Å². The zero-order valence-corrected chi connectivity index (χ0v) is 14.5. The highest BCUT2D eigenvalue weighted by molar-refractivity contribution is 7.80. The Hall–Kier alpha value is -2.15. The number of likely N-dealkylation sites (tertiary alicyclic amines) is 1. The molecule has 1 aromatic rings. The highest BCUT2D eigenvalue weighted by Gasteiger charge is 2.68. The number of nitrogens with zero attached hydrogens (tertiary/aromatic N) is 1. The first-order valence-electron chi connectivity index (χ1n) is 8.07. The third-order valence-corrected chi connectivity index (χ3v) is 5.62. The number of carbonyl (C=O) groups is 2. The van der Waals surface area contributed by atoms with E-state index in [1.807, 2.05) is 25.1 Å². The molecule has 3 heterocycles. The summed E-state index contributed by atoms with van der Waals surface area (Å²) in [4.78, 5) is 26.4. The Morgan fingerprint density at radius 2 is 2.04 bits per heavy atom. The van der Waals surface area contributed by atoms with Gasteiger partial charge in [0.15, 0.2) is 10.7 Å². The molecule has 24 heavy (non-hydrogen) atoms. The Bertz CT molecular complexity index is 770. The van der Waals surface area contributed by atoms with E-state index in [4.69, 9.17) is 17.0 Å². The van der Waals surface area contributed by atoms with Crippen LogP contribution in [0.15, 0.2) is 18.2 Å². The van der Waals surface area contributed by atoms with E-state index in [0.717, 1.165) is 11.1 Å². The lowest BCUT2D eigenvalue weighted by Gasteiger charge is -2.45. The number of ether oxygens (including phenoxy) is 1. The number of nitrogens with one attached hydrogen (secondary N) is 2. The van der Waals surface area contributed by atoms with Crippen LogP contribution in [0, 0.1) is 6.92 Å². The van der Waals surface area contributed by atoms with E-state index in [0.29, 0.717) is 36.8 Å². The number of amides is 2. The van der Waals surface area contributed by atoms with E-state index < -0.39 is 11.1 Å². The lowest BCUT2D eigenvalue weighted by molar-refractivity contribution is -0.139. The van der Waals surface area contributed by atoms with Crippen LogP contribution in [0.4, 0.5) is 0 Å². The standard InChI is InChI=1S/C17H19N3O3S/c1-10-3-4-13-12(9-10)17(14(22)18-15(24)19-17)16(23-13)5-7-20(8-6-16)11(2)21/h3-4,9H,5-8H2,1-2H3,(H2,18,19,22,24). The van der Waals surface area contributed by atoms with Crippen LogP contribution in [0.1, 0.15) is 30.9 Å². The van der Waals surface area contributed by atoms with Crippen molar-refractivity contribution in [2.24, 2.45) is 0 Å². The molecular formula is C17H19N3O3S. The van der Waals surface area contributed by atoms with Crippen LogP contribution in [0.25, 0.3) is 0 Å². The van der Waals surface area contributed by atoms with Crippen molar-refractivity contribution >= 4 is 29.1 Å². The van der Waals surface area contributed by atoms with E-state index in [2.05, 4.69) is 10.6 Å². The molecule has 1 aromatic carbocycles. The summed E-state index contributed by atoms with van der Waals surface area (Å²) in [5, 5.41) is 6.27. The van der Waals surface area contributed by atoms with Gasteiger partial charge in [-0.15, -0.1) is 0 Å². The van der Waals surface area contributed by atoms with E-state index in [1.165, 1.54) is 0 Å². The predicted octanol–water partition coefficient (Wildman–Crippen LogP) is 0.968. The molecule has 0 saturated carbocycles.